The SMILES string of the molecule is CN=C(NCCc1ccc(C)cc1)NCc1cccs1.I. The van der Waals surface area contributed by atoms with E-state index < -0.39 is 0 Å². The van der Waals surface area contributed by atoms with E-state index in [9.17, 15) is 0 Å². The molecule has 5 heteroatoms. The highest BCUT2D eigenvalue weighted by atomic mass is 127. The van der Waals surface area contributed by atoms with Crippen LogP contribution in [0, 0.1) is 6.92 Å². The first-order valence-electron chi connectivity index (χ1n) is 6.80. The molecule has 0 spiro atoms. The van der Waals surface area contributed by atoms with Gasteiger partial charge < -0.3 is 10.6 Å². The Morgan fingerprint density at radius 3 is 2.52 bits per heavy atom. The van der Waals surface area contributed by atoms with Gasteiger partial charge in [-0.25, -0.2) is 0 Å². The highest BCUT2D eigenvalue weighted by Crippen LogP contribution is 2.07. The van der Waals surface area contributed by atoms with Crippen LogP contribution in [-0.4, -0.2) is 19.6 Å². The Hall–Kier alpha value is -1.08. The zero-order chi connectivity index (χ0) is 14.2. The smallest absolute Gasteiger partial charge is 0.191 e. The molecule has 0 aliphatic rings. The molecule has 0 fully saturated rings. The highest BCUT2D eigenvalue weighted by Gasteiger charge is 1.99. The number of thiophene rings is 1. The predicted octanol–water partition coefficient (Wildman–Crippen LogP) is 3.58. The molecule has 0 atom stereocenters. The van der Waals surface area contributed by atoms with Crippen LogP contribution in [0.4, 0.5) is 0 Å². The van der Waals surface area contributed by atoms with Crippen molar-refractivity contribution >= 4 is 41.3 Å². The second kappa shape index (κ2) is 9.78. The van der Waals surface area contributed by atoms with Gasteiger partial charge in [-0.2, -0.15) is 0 Å². The number of hydrogen-bond donors (Lipinski definition) is 2. The number of aliphatic imine (C=N–C) groups is 1. The van der Waals surface area contributed by atoms with Crippen molar-refractivity contribution in [2.75, 3.05) is 13.6 Å². The second-order valence-corrected chi connectivity index (χ2v) is 5.70. The van der Waals surface area contributed by atoms with Crippen LogP contribution in [0.25, 0.3) is 0 Å². The molecular formula is C16H22IN3S. The minimum atomic E-state index is 0. The summed E-state index contributed by atoms with van der Waals surface area (Å²) in [6.07, 6.45) is 1.000. The van der Waals surface area contributed by atoms with E-state index in [2.05, 4.69) is 64.3 Å². The summed E-state index contributed by atoms with van der Waals surface area (Å²) in [7, 11) is 1.80. The Morgan fingerprint density at radius 1 is 1.14 bits per heavy atom. The molecule has 0 unspecified atom stereocenters. The molecule has 1 heterocycles. The molecule has 0 saturated carbocycles. The molecule has 21 heavy (non-hydrogen) atoms. The number of benzene rings is 1. The Kier molecular flexibility index (Phi) is 8.37. The van der Waals surface area contributed by atoms with Crippen LogP contribution in [0.2, 0.25) is 0 Å². The Labute approximate surface area is 147 Å². The van der Waals surface area contributed by atoms with Crippen molar-refractivity contribution in [3.05, 3.63) is 57.8 Å². The third-order valence-electron chi connectivity index (χ3n) is 3.06. The third-order valence-corrected chi connectivity index (χ3v) is 3.94. The molecule has 2 rings (SSSR count). The predicted molar refractivity (Wildman–Crippen MR) is 103 cm³/mol. The summed E-state index contributed by atoms with van der Waals surface area (Å²) in [6.45, 7) is 3.81. The van der Waals surface area contributed by atoms with Crippen molar-refractivity contribution in [1.29, 1.82) is 0 Å². The van der Waals surface area contributed by atoms with E-state index in [1.54, 1.807) is 18.4 Å². The summed E-state index contributed by atoms with van der Waals surface area (Å²) in [6, 6.07) is 12.8. The maximum Gasteiger partial charge on any atom is 0.191 e. The highest BCUT2D eigenvalue weighted by molar-refractivity contribution is 14.0. The van der Waals surface area contributed by atoms with Gasteiger partial charge in [-0.15, -0.1) is 35.3 Å². The lowest BCUT2D eigenvalue weighted by molar-refractivity contribution is 0.799. The minimum absolute atomic E-state index is 0. The Morgan fingerprint density at radius 2 is 1.90 bits per heavy atom. The van der Waals surface area contributed by atoms with E-state index in [-0.39, 0.29) is 24.0 Å². The number of nitrogens with zero attached hydrogens (tertiary/aromatic N) is 1. The molecule has 0 amide bonds. The summed E-state index contributed by atoms with van der Waals surface area (Å²) in [5.41, 5.74) is 2.65. The normalized spacial score (nSPS) is 10.9. The first-order valence-corrected chi connectivity index (χ1v) is 7.68. The van der Waals surface area contributed by atoms with Gasteiger partial charge >= 0.3 is 0 Å². The van der Waals surface area contributed by atoms with Gasteiger partial charge in [0, 0.05) is 18.5 Å². The van der Waals surface area contributed by atoms with Crippen molar-refractivity contribution < 1.29 is 0 Å². The summed E-state index contributed by atoms with van der Waals surface area (Å²) >= 11 is 1.75. The zero-order valence-corrected chi connectivity index (χ0v) is 15.6. The molecule has 0 bridgehead atoms. The molecule has 3 nitrogen and oxygen atoms in total. The maximum atomic E-state index is 4.23. The summed E-state index contributed by atoms with van der Waals surface area (Å²) in [4.78, 5) is 5.54. The lowest BCUT2D eigenvalue weighted by atomic mass is 10.1. The summed E-state index contributed by atoms with van der Waals surface area (Å²) in [5.74, 6) is 0.852. The number of halogens is 1. The lowest BCUT2D eigenvalue weighted by Crippen LogP contribution is -2.37. The monoisotopic (exact) mass is 415 g/mol. The fraction of sp³-hybridized carbons (Fsp3) is 0.312. The first-order chi connectivity index (χ1) is 9.78. The summed E-state index contributed by atoms with van der Waals surface area (Å²) in [5, 5.41) is 8.74. The van der Waals surface area contributed by atoms with Gasteiger partial charge in [-0.3, -0.25) is 4.99 Å². The zero-order valence-electron chi connectivity index (χ0n) is 12.4. The van der Waals surface area contributed by atoms with Gasteiger partial charge in [0.2, 0.25) is 0 Å². The molecular weight excluding hydrogens is 393 g/mol. The van der Waals surface area contributed by atoms with Crippen molar-refractivity contribution in [2.45, 2.75) is 19.9 Å². The lowest BCUT2D eigenvalue weighted by Gasteiger charge is -2.11. The molecule has 2 N–H and O–H groups in total. The van der Waals surface area contributed by atoms with Crippen LogP contribution in [0.3, 0.4) is 0 Å². The van der Waals surface area contributed by atoms with Crippen LogP contribution >= 0.6 is 35.3 Å². The first kappa shape index (κ1) is 18.0. The van der Waals surface area contributed by atoms with E-state index >= 15 is 0 Å². The summed E-state index contributed by atoms with van der Waals surface area (Å²) < 4.78 is 0. The molecule has 2 aromatic rings. The van der Waals surface area contributed by atoms with Crippen molar-refractivity contribution in [1.82, 2.24) is 10.6 Å². The van der Waals surface area contributed by atoms with Crippen LogP contribution in [0.1, 0.15) is 16.0 Å². The van der Waals surface area contributed by atoms with Crippen LogP contribution < -0.4 is 10.6 Å². The topological polar surface area (TPSA) is 36.4 Å². The van der Waals surface area contributed by atoms with E-state index in [0.717, 1.165) is 25.5 Å². The molecule has 0 saturated heterocycles. The van der Waals surface area contributed by atoms with E-state index in [4.69, 9.17) is 0 Å². The quantitative estimate of drug-likeness (QED) is 0.445. The fourth-order valence-electron chi connectivity index (χ4n) is 1.88. The van der Waals surface area contributed by atoms with Crippen LogP contribution in [0.5, 0.6) is 0 Å². The van der Waals surface area contributed by atoms with Gasteiger partial charge in [0.1, 0.15) is 0 Å². The third kappa shape index (κ3) is 6.48. The number of guanidine groups is 1. The molecule has 0 radical (unpaired) electrons. The maximum absolute atomic E-state index is 4.23. The average molecular weight is 415 g/mol. The Balaban J connectivity index is 0.00000220. The molecule has 0 aliphatic heterocycles. The van der Waals surface area contributed by atoms with Crippen LogP contribution in [0.15, 0.2) is 46.8 Å². The van der Waals surface area contributed by atoms with Gasteiger partial charge in [0.05, 0.1) is 6.54 Å². The van der Waals surface area contributed by atoms with Crippen LogP contribution in [-0.2, 0) is 13.0 Å². The Bertz CT molecular complexity index is 535. The molecule has 1 aromatic heterocycles. The number of rotatable bonds is 5. The van der Waals surface area contributed by atoms with Crippen molar-refractivity contribution in [2.24, 2.45) is 4.99 Å². The number of aryl methyl sites for hydroxylation is 1. The number of hydrogen-bond acceptors (Lipinski definition) is 2. The minimum Gasteiger partial charge on any atom is -0.356 e. The molecule has 1 aromatic carbocycles. The van der Waals surface area contributed by atoms with Gasteiger partial charge in [0.15, 0.2) is 5.96 Å². The second-order valence-electron chi connectivity index (χ2n) is 4.67. The molecule has 114 valence electrons. The van der Waals surface area contributed by atoms with E-state index in [0.29, 0.717) is 0 Å². The standard InChI is InChI=1S/C16H21N3S.HI/c1-13-5-7-14(8-6-13)9-10-18-16(17-2)19-12-15-4-3-11-20-15;/h3-8,11H,9-10,12H2,1-2H3,(H2,17,18,19);1H. The van der Waals surface area contributed by atoms with Gasteiger partial charge in [-0.1, -0.05) is 35.9 Å². The number of nitrogens with one attached hydrogen (secondary N) is 2. The van der Waals surface area contributed by atoms with Gasteiger partial charge in [0.25, 0.3) is 0 Å². The van der Waals surface area contributed by atoms with Gasteiger partial charge in [-0.05, 0) is 30.4 Å². The fourth-order valence-corrected chi connectivity index (χ4v) is 2.53. The van der Waals surface area contributed by atoms with Crippen molar-refractivity contribution in [3.8, 4) is 0 Å². The molecule has 0 aliphatic carbocycles. The van der Waals surface area contributed by atoms with E-state index in [1.807, 2.05) is 0 Å². The van der Waals surface area contributed by atoms with Crippen molar-refractivity contribution in [3.63, 3.8) is 0 Å². The average Bonchev–Trinajstić information content (AvgIpc) is 2.98. The largest absolute Gasteiger partial charge is 0.356 e. The van der Waals surface area contributed by atoms with E-state index in [1.165, 1.54) is 16.0 Å².